The van der Waals surface area contributed by atoms with E-state index in [0.717, 1.165) is 12.8 Å². The number of hydrogen-bond donors (Lipinski definition) is 3. The molecule has 2 unspecified atom stereocenters. The molecular formula is C21H32ClN3O4. The minimum atomic E-state index is -0.980. The molecule has 1 saturated heterocycles. The van der Waals surface area contributed by atoms with E-state index in [9.17, 15) is 9.59 Å². The lowest BCUT2D eigenvalue weighted by atomic mass is 9.54. The number of nitrogens with two attached hydrogens (primary N) is 1. The number of nitrogens with one attached hydrogen (secondary N) is 2. The molecule has 8 heteroatoms. The molecule has 0 spiro atoms. The highest BCUT2D eigenvalue weighted by molar-refractivity contribution is 6.00. The molecule has 2 atom stereocenters. The maximum absolute atomic E-state index is 12.8. The summed E-state index contributed by atoms with van der Waals surface area (Å²) in [6, 6.07) is 7.03. The first-order chi connectivity index (χ1) is 13.3. The Morgan fingerprint density at radius 1 is 1.21 bits per heavy atom. The van der Waals surface area contributed by atoms with Crippen LogP contribution >= 0.6 is 12.4 Å². The first-order valence-corrected chi connectivity index (χ1v) is 9.98. The van der Waals surface area contributed by atoms with Crippen molar-refractivity contribution in [1.29, 1.82) is 0 Å². The molecule has 29 heavy (non-hydrogen) atoms. The summed E-state index contributed by atoms with van der Waals surface area (Å²) < 4.78 is 11.0. The Bertz CT molecular complexity index is 719. The lowest BCUT2D eigenvalue weighted by Crippen LogP contribution is -2.74. The summed E-state index contributed by atoms with van der Waals surface area (Å²) >= 11 is 0. The summed E-state index contributed by atoms with van der Waals surface area (Å²) in [6.45, 7) is 7.81. The summed E-state index contributed by atoms with van der Waals surface area (Å²) in [5, 5.41) is 5.91. The molecule has 2 amide bonds. The third-order valence-corrected chi connectivity index (χ3v) is 6.20. The smallest absolute Gasteiger partial charge is 0.251 e. The van der Waals surface area contributed by atoms with Gasteiger partial charge in [-0.1, -0.05) is 13.8 Å². The van der Waals surface area contributed by atoms with Crippen LogP contribution in [0.15, 0.2) is 24.3 Å². The van der Waals surface area contributed by atoms with Gasteiger partial charge in [0.15, 0.2) is 0 Å². The third kappa shape index (κ3) is 4.74. The van der Waals surface area contributed by atoms with Gasteiger partial charge in [0.05, 0.1) is 6.10 Å². The Balaban J connectivity index is 0.00000300. The Morgan fingerprint density at radius 3 is 2.38 bits per heavy atom. The van der Waals surface area contributed by atoms with Gasteiger partial charge in [0.1, 0.15) is 5.54 Å². The number of halogens is 1. The average molecular weight is 426 g/mol. The van der Waals surface area contributed by atoms with Crippen LogP contribution in [0.1, 0.15) is 50.4 Å². The second-order valence-electron chi connectivity index (χ2n) is 8.23. The lowest BCUT2D eigenvalue weighted by Gasteiger charge is -2.57. The van der Waals surface area contributed by atoms with E-state index in [0.29, 0.717) is 37.5 Å². The van der Waals surface area contributed by atoms with Crippen molar-refractivity contribution in [2.24, 2.45) is 11.1 Å². The third-order valence-electron chi connectivity index (χ3n) is 6.20. The largest absolute Gasteiger partial charge is 0.381 e. The van der Waals surface area contributed by atoms with Gasteiger partial charge in [-0.15, -0.1) is 12.4 Å². The molecule has 1 aliphatic carbocycles. The van der Waals surface area contributed by atoms with Crippen LogP contribution in [0.2, 0.25) is 0 Å². The van der Waals surface area contributed by atoms with Gasteiger partial charge in [0, 0.05) is 48.9 Å². The van der Waals surface area contributed by atoms with Crippen LogP contribution in [0.4, 0.5) is 5.69 Å². The zero-order chi connectivity index (χ0) is 20.4. The summed E-state index contributed by atoms with van der Waals surface area (Å²) in [4.78, 5) is 25.2. The molecule has 1 saturated carbocycles. The van der Waals surface area contributed by atoms with Gasteiger partial charge in [0.2, 0.25) is 5.91 Å². The predicted octanol–water partition coefficient (Wildman–Crippen LogP) is 2.49. The molecule has 7 nitrogen and oxygen atoms in total. The van der Waals surface area contributed by atoms with Crippen molar-refractivity contribution in [2.45, 2.75) is 57.7 Å². The van der Waals surface area contributed by atoms with Crippen molar-refractivity contribution in [3.63, 3.8) is 0 Å². The molecule has 0 aromatic heterocycles. The number of hydrogen-bond acceptors (Lipinski definition) is 5. The molecule has 162 valence electrons. The quantitative estimate of drug-likeness (QED) is 0.649. The molecule has 3 rings (SSSR count). The number of carbonyl (C=O) groups excluding carboxylic acids is 2. The number of amides is 2. The molecule has 2 fully saturated rings. The molecule has 4 N–H and O–H groups in total. The molecule has 1 aromatic rings. The van der Waals surface area contributed by atoms with Crippen LogP contribution in [0, 0.1) is 5.41 Å². The number of rotatable bonds is 6. The molecule has 2 aliphatic rings. The highest BCUT2D eigenvalue weighted by atomic mass is 35.5. The summed E-state index contributed by atoms with van der Waals surface area (Å²) in [5.74, 6) is -0.340. The van der Waals surface area contributed by atoms with Crippen LogP contribution in [-0.4, -0.2) is 49.3 Å². The molecule has 0 radical (unpaired) electrons. The van der Waals surface area contributed by atoms with Gasteiger partial charge in [-0.05, 0) is 44.0 Å². The molecule has 0 bridgehead atoms. The SMILES string of the molecule is CCOC1CC(N)(C(=O)Nc2ccc(C(=O)NC3CCOCC3)cc2)C1(C)C.Cl. The van der Waals surface area contributed by atoms with Gasteiger partial charge in [-0.3, -0.25) is 9.59 Å². The Hall–Kier alpha value is -1.67. The Kier molecular flexibility index (Phi) is 7.67. The molecular weight excluding hydrogens is 394 g/mol. The highest BCUT2D eigenvalue weighted by Crippen LogP contribution is 2.50. The maximum atomic E-state index is 12.8. The van der Waals surface area contributed by atoms with Crippen molar-refractivity contribution >= 4 is 29.9 Å². The van der Waals surface area contributed by atoms with E-state index in [1.807, 2.05) is 20.8 Å². The lowest BCUT2D eigenvalue weighted by molar-refractivity contribution is -0.166. The van der Waals surface area contributed by atoms with Gasteiger partial charge < -0.3 is 25.8 Å². The minimum Gasteiger partial charge on any atom is -0.381 e. The van der Waals surface area contributed by atoms with Crippen molar-refractivity contribution < 1.29 is 19.1 Å². The maximum Gasteiger partial charge on any atom is 0.251 e. The average Bonchev–Trinajstić information content (AvgIpc) is 2.69. The summed E-state index contributed by atoms with van der Waals surface area (Å²) in [5.41, 5.74) is 6.16. The number of benzene rings is 1. The van der Waals surface area contributed by atoms with E-state index in [1.165, 1.54) is 0 Å². The summed E-state index contributed by atoms with van der Waals surface area (Å²) in [7, 11) is 0. The van der Waals surface area contributed by atoms with E-state index < -0.39 is 11.0 Å². The van der Waals surface area contributed by atoms with Crippen molar-refractivity contribution in [1.82, 2.24) is 5.32 Å². The van der Waals surface area contributed by atoms with Crippen molar-refractivity contribution in [3.8, 4) is 0 Å². The van der Waals surface area contributed by atoms with E-state index >= 15 is 0 Å². The highest BCUT2D eigenvalue weighted by Gasteiger charge is 2.62. The molecule has 1 aliphatic heterocycles. The standard InChI is InChI=1S/C21H31N3O4.ClH/c1-4-28-17-13-21(22,20(17,2)3)19(26)24-15-7-5-14(6-8-15)18(25)23-16-9-11-27-12-10-16;/h5-8,16-17H,4,9-13,22H2,1-3H3,(H,23,25)(H,24,26);1H. The zero-order valence-electron chi connectivity index (χ0n) is 17.3. The fourth-order valence-electron chi connectivity index (χ4n) is 3.88. The van der Waals surface area contributed by atoms with E-state index in [4.69, 9.17) is 15.2 Å². The van der Waals surface area contributed by atoms with Gasteiger partial charge in [0.25, 0.3) is 5.91 Å². The first kappa shape index (κ1) is 23.6. The van der Waals surface area contributed by atoms with E-state index in [1.54, 1.807) is 24.3 Å². The van der Waals surface area contributed by atoms with E-state index in [-0.39, 0.29) is 36.4 Å². The second-order valence-corrected chi connectivity index (χ2v) is 8.23. The van der Waals surface area contributed by atoms with Crippen LogP contribution < -0.4 is 16.4 Å². The second kappa shape index (κ2) is 9.43. The van der Waals surface area contributed by atoms with Gasteiger partial charge in [-0.25, -0.2) is 0 Å². The van der Waals surface area contributed by atoms with Crippen molar-refractivity contribution in [2.75, 3.05) is 25.1 Å². The Labute approximate surface area is 178 Å². The van der Waals surface area contributed by atoms with Crippen LogP contribution in [0.25, 0.3) is 0 Å². The summed E-state index contributed by atoms with van der Waals surface area (Å²) in [6.07, 6.45) is 2.13. The van der Waals surface area contributed by atoms with Gasteiger partial charge in [-0.2, -0.15) is 0 Å². The van der Waals surface area contributed by atoms with Gasteiger partial charge >= 0.3 is 0 Å². The van der Waals surface area contributed by atoms with Crippen LogP contribution in [-0.2, 0) is 14.3 Å². The number of anilines is 1. The van der Waals surface area contributed by atoms with Crippen LogP contribution in [0.5, 0.6) is 0 Å². The zero-order valence-corrected chi connectivity index (χ0v) is 18.1. The number of ether oxygens (including phenoxy) is 2. The van der Waals surface area contributed by atoms with Crippen LogP contribution in [0.3, 0.4) is 0 Å². The Morgan fingerprint density at radius 2 is 1.83 bits per heavy atom. The first-order valence-electron chi connectivity index (χ1n) is 9.98. The minimum absolute atomic E-state index is 0. The van der Waals surface area contributed by atoms with E-state index in [2.05, 4.69) is 10.6 Å². The fraction of sp³-hybridized carbons (Fsp3) is 0.619. The fourth-order valence-corrected chi connectivity index (χ4v) is 3.88. The monoisotopic (exact) mass is 425 g/mol. The van der Waals surface area contributed by atoms with Crippen molar-refractivity contribution in [3.05, 3.63) is 29.8 Å². The molecule has 1 aromatic carbocycles. The predicted molar refractivity (Wildman–Crippen MR) is 114 cm³/mol. The number of carbonyl (C=O) groups is 2. The topological polar surface area (TPSA) is 103 Å². The normalized spacial score (nSPS) is 26.0. The molecule has 1 heterocycles.